The fourth-order valence-electron chi connectivity index (χ4n) is 1.62. The van der Waals surface area contributed by atoms with Crippen molar-refractivity contribution in [1.29, 1.82) is 0 Å². The number of hydrogen-bond acceptors (Lipinski definition) is 5. The van der Waals surface area contributed by atoms with Crippen LogP contribution in [0.15, 0.2) is 27.9 Å². The van der Waals surface area contributed by atoms with Crippen LogP contribution in [0.25, 0.3) is 0 Å². The molecule has 0 aromatic carbocycles. The van der Waals surface area contributed by atoms with Gasteiger partial charge in [0.2, 0.25) is 5.91 Å². The van der Waals surface area contributed by atoms with Crippen molar-refractivity contribution in [1.82, 2.24) is 5.43 Å². The van der Waals surface area contributed by atoms with Crippen molar-refractivity contribution < 1.29 is 17.6 Å². The lowest BCUT2D eigenvalue weighted by atomic mass is 10.1. The van der Waals surface area contributed by atoms with E-state index in [-0.39, 0.29) is 17.4 Å². The molecule has 7 heteroatoms. The molecule has 0 aliphatic carbocycles. The van der Waals surface area contributed by atoms with Crippen LogP contribution in [-0.2, 0) is 14.6 Å². The molecule has 0 radical (unpaired) electrons. The number of hydrazone groups is 1. The van der Waals surface area contributed by atoms with E-state index in [1.165, 1.54) is 12.5 Å². The van der Waals surface area contributed by atoms with Crippen LogP contribution in [0.5, 0.6) is 0 Å². The number of hydrogen-bond donors (Lipinski definition) is 1. The number of carbonyl (C=O) groups excluding carboxylic acids is 1. The van der Waals surface area contributed by atoms with Gasteiger partial charge in [-0.05, 0) is 18.6 Å². The summed E-state index contributed by atoms with van der Waals surface area (Å²) in [6.45, 7) is 0. The second-order valence-electron chi connectivity index (χ2n) is 3.85. The van der Waals surface area contributed by atoms with Crippen molar-refractivity contribution in [2.75, 3.05) is 11.5 Å². The van der Waals surface area contributed by atoms with E-state index in [2.05, 4.69) is 10.5 Å². The number of furan rings is 1. The highest BCUT2D eigenvalue weighted by Crippen LogP contribution is 2.18. The zero-order valence-electron chi connectivity index (χ0n) is 9.00. The largest absolute Gasteiger partial charge is 0.463 e. The first-order valence-electron chi connectivity index (χ1n) is 5.14. The predicted octanol–water partition coefficient (Wildman–Crippen LogP) is 0.164. The molecular weight excluding hydrogens is 244 g/mol. The van der Waals surface area contributed by atoms with Crippen molar-refractivity contribution in [3.63, 3.8) is 0 Å². The number of amides is 1. The van der Waals surface area contributed by atoms with Gasteiger partial charge in [0.05, 0.1) is 29.9 Å². The predicted molar refractivity (Wildman–Crippen MR) is 61.2 cm³/mol. The zero-order chi connectivity index (χ0) is 12.3. The summed E-state index contributed by atoms with van der Waals surface area (Å²) in [4.78, 5) is 11.5. The Hall–Kier alpha value is -1.63. The summed E-state index contributed by atoms with van der Waals surface area (Å²) >= 11 is 0. The average Bonchev–Trinajstić information content (AvgIpc) is 2.87. The molecule has 1 aromatic rings. The number of nitrogens with one attached hydrogen (secondary N) is 1. The Bertz CT molecular complexity index is 519. The lowest BCUT2D eigenvalue weighted by Gasteiger charge is -2.03. The minimum Gasteiger partial charge on any atom is -0.463 e. The summed E-state index contributed by atoms with van der Waals surface area (Å²) in [5.41, 5.74) is 2.31. The van der Waals surface area contributed by atoms with E-state index in [1.54, 1.807) is 12.1 Å². The van der Waals surface area contributed by atoms with Crippen LogP contribution < -0.4 is 5.43 Å². The van der Waals surface area contributed by atoms with Gasteiger partial charge in [0, 0.05) is 0 Å². The maximum Gasteiger partial charge on any atom is 0.244 e. The summed E-state index contributed by atoms with van der Waals surface area (Å²) in [6, 6.07) is 3.39. The molecule has 1 saturated heterocycles. The third-order valence-electron chi connectivity index (χ3n) is 2.51. The summed E-state index contributed by atoms with van der Waals surface area (Å²) < 4.78 is 27.3. The van der Waals surface area contributed by atoms with Gasteiger partial charge in [0.25, 0.3) is 0 Å². The maximum absolute atomic E-state index is 11.5. The smallest absolute Gasteiger partial charge is 0.244 e. The molecular formula is C10H12N2O4S. The average molecular weight is 256 g/mol. The normalized spacial score (nSPS) is 22.9. The van der Waals surface area contributed by atoms with Gasteiger partial charge in [-0.25, -0.2) is 13.8 Å². The van der Waals surface area contributed by atoms with Gasteiger partial charge >= 0.3 is 0 Å². The van der Waals surface area contributed by atoms with E-state index in [1.807, 2.05) is 0 Å². The molecule has 1 N–H and O–H groups in total. The minimum absolute atomic E-state index is 0.0764. The molecule has 1 aliphatic rings. The second-order valence-corrected chi connectivity index (χ2v) is 6.08. The molecule has 6 nitrogen and oxygen atoms in total. The first kappa shape index (κ1) is 11.8. The Labute approximate surface area is 98.6 Å². The van der Waals surface area contributed by atoms with Gasteiger partial charge in [-0.3, -0.25) is 4.79 Å². The molecule has 0 unspecified atom stereocenters. The molecule has 0 spiro atoms. The molecule has 2 rings (SSSR count). The first-order valence-corrected chi connectivity index (χ1v) is 6.96. The Kier molecular flexibility index (Phi) is 3.28. The van der Waals surface area contributed by atoms with Crippen LogP contribution in [0, 0.1) is 5.92 Å². The number of sulfone groups is 1. The molecule has 1 aliphatic heterocycles. The second kappa shape index (κ2) is 4.70. The van der Waals surface area contributed by atoms with Crippen molar-refractivity contribution in [3.05, 3.63) is 24.2 Å². The van der Waals surface area contributed by atoms with E-state index in [9.17, 15) is 13.2 Å². The van der Waals surface area contributed by atoms with Crippen LogP contribution in [0.4, 0.5) is 0 Å². The maximum atomic E-state index is 11.5. The van der Waals surface area contributed by atoms with Crippen LogP contribution in [0.2, 0.25) is 0 Å². The summed E-state index contributed by atoms with van der Waals surface area (Å²) in [5, 5.41) is 3.69. The van der Waals surface area contributed by atoms with Gasteiger partial charge in [0.1, 0.15) is 5.76 Å². The van der Waals surface area contributed by atoms with Crippen LogP contribution in [0.3, 0.4) is 0 Å². The Morgan fingerprint density at radius 3 is 3.00 bits per heavy atom. The van der Waals surface area contributed by atoms with Crippen LogP contribution >= 0.6 is 0 Å². The molecule has 1 fully saturated rings. The third-order valence-corrected chi connectivity index (χ3v) is 4.28. The van der Waals surface area contributed by atoms with Gasteiger partial charge in [-0.15, -0.1) is 0 Å². The lowest BCUT2D eigenvalue weighted by molar-refractivity contribution is -0.124. The minimum atomic E-state index is -3.04. The highest BCUT2D eigenvalue weighted by atomic mass is 32.2. The molecule has 2 heterocycles. The Morgan fingerprint density at radius 1 is 1.59 bits per heavy atom. The van der Waals surface area contributed by atoms with Crippen molar-refractivity contribution >= 4 is 22.0 Å². The van der Waals surface area contributed by atoms with Gasteiger partial charge in [-0.2, -0.15) is 5.10 Å². The Morgan fingerprint density at radius 2 is 2.41 bits per heavy atom. The highest BCUT2D eigenvalue weighted by molar-refractivity contribution is 7.91. The van der Waals surface area contributed by atoms with Crippen molar-refractivity contribution in [2.24, 2.45) is 11.0 Å². The standard InChI is InChI=1S/C10H12N2O4S/c13-10(8-3-5-17(14,15)7-8)12-11-6-9-2-1-4-16-9/h1-2,4,6,8H,3,5,7H2,(H,12,13)/b11-6-/t8-/m1/s1. The Balaban J connectivity index is 1.86. The summed E-state index contributed by atoms with van der Waals surface area (Å²) in [7, 11) is -3.04. The molecule has 1 atom stereocenters. The molecule has 1 aromatic heterocycles. The zero-order valence-corrected chi connectivity index (χ0v) is 9.81. The third kappa shape index (κ3) is 3.16. The molecule has 1 amide bonds. The fourth-order valence-corrected chi connectivity index (χ4v) is 3.36. The van der Waals surface area contributed by atoms with E-state index < -0.39 is 15.8 Å². The lowest BCUT2D eigenvalue weighted by Crippen LogP contribution is -2.27. The van der Waals surface area contributed by atoms with Crippen molar-refractivity contribution in [2.45, 2.75) is 6.42 Å². The van der Waals surface area contributed by atoms with E-state index >= 15 is 0 Å². The molecule has 17 heavy (non-hydrogen) atoms. The number of nitrogens with zero attached hydrogens (tertiary/aromatic N) is 1. The first-order chi connectivity index (χ1) is 8.07. The van der Waals surface area contributed by atoms with Crippen LogP contribution in [0.1, 0.15) is 12.2 Å². The summed E-state index contributed by atoms with van der Waals surface area (Å²) in [5.74, 6) is -0.353. The fraction of sp³-hybridized carbons (Fsp3) is 0.400. The number of rotatable bonds is 3. The molecule has 92 valence electrons. The number of carbonyl (C=O) groups is 1. The van der Waals surface area contributed by atoms with E-state index in [0.29, 0.717) is 12.2 Å². The van der Waals surface area contributed by atoms with Gasteiger partial charge < -0.3 is 4.42 Å². The topological polar surface area (TPSA) is 88.7 Å². The monoisotopic (exact) mass is 256 g/mol. The van der Waals surface area contributed by atoms with Gasteiger partial charge in [-0.1, -0.05) is 0 Å². The summed E-state index contributed by atoms with van der Waals surface area (Å²) in [6.07, 6.45) is 3.22. The van der Waals surface area contributed by atoms with E-state index in [4.69, 9.17) is 4.42 Å². The van der Waals surface area contributed by atoms with Gasteiger partial charge in [0.15, 0.2) is 9.84 Å². The van der Waals surface area contributed by atoms with Crippen molar-refractivity contribution in [3.8, 4) is 0 Å². The van der Waals surface area contributed by atoms with E-state index in [0.717, 1.165) is 0 Å². The molecule has 0 bridgehead atoms. The SMILES string of the molecule is O=C(N/N=C\c1ccco1)[C@@H]1CCS(=O)(=O)C1. The molecule has 0 saturated carbocycles. The quantitative estimate of drug-likeness (QED) is 0.616. The highest BCUT2D eigenvalue weighted by Gasteiger charge is 2.32. The van der Waals surface area contributed by atoms with Crippen LogP contribution in [-0.4, -0.2) is 32.0 Å².